The molecule has 8 nitrogen and oxygen atoms in total. The van der Waals surface area contributed by atoms with E-state index in [1.807, 2.05) is 0 Å². The summed E-state index contributed by atoms with van der Waals surface area (Å²) in [6, 6.07) is 14.1. The van der Waals surface area contributed by atoms with Crippen LogP contribution in [-0.2, 0) is 20.2 Å². The van der Waals surface area contributed by atoms with Crippen LogP contribution in [-0.4, -0.2) is 16.8 Å². The maximum absolute atomic E-state index is 13.6. The minimum Gasteiger partial charge on any atom is -0.396 e. The molecule has 4 aromatic carbocycles. The molecule has 4 aromatic rings. The molecule has 0 spiro atoms. The number of hydrogen-bond acceptors (Lipinski definition) is 8. The van der Waals surface area contributed by atoms with E-state index in [4.69, 9.17) is 19.8 Å². The Morgan fingerprint density at radius 3 is 1.29 bits per heavy atom. The fourth-order valence-electron chi connectivity index (χ4n) is 2.98. The molecule has 0 aliphatic heterocycles. The molecule has 176 valence electrons. The second-order valence-corrected chi connectivity index (χ2v) is 10.2. The predicted molar refractivity (Wildman–Crippen MR) is 121 cm³/mol. The lowest BCUT2D eigenvalue weighted by Crippen LogP contribution is -2.11. The summed E-state index contributed by atoms with van der Waals surface area (Å²) in [6.45, 7) is 0. The van der Waals surface area contributed by atoms with Crippen LogP contribution in [0.25, 0.3) is 10.8 Å². The topological polar surface area (TPSA) is 139 Å². The van der Waals surface area contributed by atoms with Crippen molar-refractivity contribution in [3.63, 3.8) is 0 Å². The third-order valence-corrected chi connectivity index (χ3v) is 7.20. The molecule has 34 heavy (non-hydrogen) atoms. The van der Waals surface area contributed by atoms with Gasteiger partial charge in [-0.05, 0) is 59.3 Å². The Labute approximate surface area is 193 Å². The number of fused-ring (bicyclic) bond motifs is 1. The lowest BCUT2D eigenvalue weighted by molar-refractivity contribution is 0.481. The van der Waals surface area contributed by atoms with Crippen molar-refractivity contribution in [2.24, 2.45) is 0 Å². The van der Waals surface area contributed by atoms with Gasteiger partial charge in [0.25, 0.3) is 0 Å². The lowest BCUT2D eigenvalue weighted by atomic mass is 10.1. The molecule has 0 radical (unpaired) electrons. The van der Waals surface area contributed by atoms with Crippen LogP contribution in [0.15, 0.2) is 82.6 Å². The third kappa shape index (κ3) is 4.72. The minimum atomic E-state index is -4.32. The molecule has 0 saturated heterocycles. The van der Waals surface area contributed by atoms with Crippen LogP contribution in [0.4, 0.5) is 20.2 Å². The summed E-state index contributed by atoms with van der Waals surface area (Å²) in [7, 11) is -8.63. The molecule has 0 aliphatic rings. The average Bonchev–Trinajstić information content (AvgIpc) is 2.77. The highest BCUT2D eigenvalue weighted by Gasteiger charge is 2.21. The quantitative estimate of drug-likeness (QED) is 0.297. The fourth-order valence-corrected chi connectivity index (χ4v) is 4.90. The molecule has 12 heteroatoms. The Morgan fingerprint density at radius 2 is 0.941 bits per heavy atom. The highest BCUT2D eigenvalue weighted by Crippen LogP contribution is 2.28. The van der Waals surface area contributed by atoms with Gasteiger partial charge in [0.1, 0.15) is 32.9 Å². The maximum atomic E-state index is 13.6. The van der Waals surface area contributed by atoms with Crippen LogP contribution in [0.1, 0.15) is 0 Å². The second-order valence-electron chi connectivity index (χ2n) is 7.11. The summed E-state index contributed by atoms with van der Waals surface area (Å²) < 4.78 is 87.5. The number of nitrogens with two attached hydrogens (primary N) is 2. The number of nitrogen functional groups attached to an aromatic ring is 2. The Hall–Kier alpha value is -3.90. The number of halogens is 2. The number of rotatable bonds is 6. The smallest absolute Gasteiger partial charge is 0.339 e. The molecule has 0 aromatic heterocycles. The number of benzene rings is 4. The van der Waals surface area contributed by atoms with E-state index in [0.717, 1.165) is 12.1 Å². The van der Waals surface area contributed by atoms with Gasteiger partial charge in [0.15, 0.2) is 0 Å². The van der Waals surface area contributed by atoms with E-state index in [0.29, 0.717) is 10.8 Å². The van der Waals surface area contributed by atoms with Gasteiger partial charge in [0, 0.05) is 12.1 Å². The zero-order chi connectivity index (χ0) is 24.7. The first-order valence-electron chi connectivity index (χ1n) is 9.47. The Balaban J connectivity index is 1.62. The van der Waals surface area contributed by atoms with E-state index in [1.165, 1.54) is 60.7 Å². The van der Waals surface area contributed by atoms with Crippen molar-refractivity contribution in [3.05, 3.63) is 84.4 Å². The second kappa shape index (κ2) is 8.47. The van der Waals surface area contributed by atoms with E-state index in [-0.39, 0.29) is 32.7 Å². The van der Waals surface area contributed by atoms with Crippen LogP contribution in [0.3, 0.4) is 0 Å². The van der Waals surface area contributed by atoms with Crippen molar-refractivity contribution in [3.8, 4) is 11.5 Å². The fraction of sp³-hybridized carbons (Fsp3) is 0. The maximum Gasteiger partial charge on any atom is 0.339 e. The normalized spacial score (nSPS) is 11.9. The molecule has 0 bridgehead atoms. The van der Waals surface area contributed by atoms with Gasteiger partial charge < -0.3 is 19.8 Å². The first-order chi connectivity index (χ1) is 15.9. The molecule has 4 rings (SSSR count). The van der Waals surface area contributed by atoms with Gasteiger partial charge >= 0.3 is 20.2 Å². The van der Waals surface area contributed by atoms with Gasteiger partial charge in [-0.1, -0.05) is 12.1 Å². The van der Waals surface area contributed by atoms with Crippen molar-refractivity contribution in [2.45, 2.75) is 9.79 Å². The van der Waals surface area contributed by atoms with E-state index in [9.17, 15) is 25.6 Å². The molecular weight excluding hydrogens is 490 g/mol. The summed E-state index contributed by atoms with van der Waals surface area (Å²) >= 11 is 0. The number of anilines is 2. The predicted octanol–water partition coefficient (Wildman–Crippen LogP) is 3.82. The zero-order valence-electron chi connectivity index (χ0n) is 17.1. The van der Waals surface area contributed by atoms with Gasteiger partial charge in [-0.15, -0.1) is 0 Å². The molecule has 0 atom stereocenters. The summed E-state index contributed by atoms with van der Waals surface area (Å²) in [6.07, 6.45) is 0. The third-order valence-electron chi connectivity index (χ3n) is 4.72. The molecular formula is C22H16F2N2O6S2. The summed E-state index contributed by atoms with van der Waals surface area (Å²) in [5.41, 5.74) is 10.4. The molecule has 0 aliphatic carbocycles. The van der Waals surface area contributed by atoms with Crippen LogP contribution in [0, 0.1) is 11.6 Å². The van der Waals surface area contributed by atoms with Crippen molar-refractivity contribution in [2.75, 3.05) is 11.5 Å². The van der Waals surface area contributed by atoms with Crippen LogP contribution >= 0.6 is 0 Å². The van der Waals surface area contributed by atoms with E-state index in [1.54, 1.807) is 0 Å². The molecule has 0 saturated carbocycles. The molecule has 4 N–H and O–H groups in total. The van der Waals surface area contributed by atoms with Crippen molar-refractivity contribution >= 4 is 42.4 Å². The highest BCUT2D eigenvalue weighted by molar-refractivity contribution is 7.87. The first kappa shape index (κ1) is 23.3. The minimum absolute atomic E-state index is 0.160. The first-order valence-corrected chi connectivity index (χ1v) is 12.3. The van der Waals surface area contributed by atoms with Gasteiger partial charge in [-0.2, -0.15) is 16.8 Å². The molecule has 0 unspecified atom stereocenters. The van der Waals surface area contributed by atoms with Gasteiger partial charge in [-0.3, -0.25) is 0 Å². The summed E-state index contributed by atoms with van der Waals surface area (Å²) in [5.74, 6) is -2.18. The Kier molecular flexibility index (Phi) is 5.79. The standard InChI is InChI=1S/C22H16F2N2O6S2/c23-19-11-15(3-7-21(19)25)31-33(27,28)17-5-1-13-9-18(6-2-14(13)10-17)34(29,30)32-16-4-8-22(26)20(24)12-16/h1-12H,25-26H2. The van der Waals surface area contributed by atoms with Gasteiger partial charge in [-0.25, -0.2) is 8.78 Å². The van der Waals surface area contributed by atoms with E-state index < -0.39 is 31.9 Å². The molecule has 0 amide bonds. The zero-order valence-corrected chi connectivity index (χ0v) is 18.7. The summed E-state index contributed by atoms with van der Waals surface area (Å²) in [4.78, 5) is -0.470. The molecule has 0 heterocycles. The van der Waals surface area contributed by atoms with Gasteiger partial charge in [0.2, 0.25) is 0 Å². The number of hydrogen-bond donors (Lipinski definition) is 2. The average molecular weight is 507 g/mol. The van der Waals surface area contributed by atoms with Crippen molar-refractivity contribution < 1.29 is 34.0 Å². The summed E-state index contributed by atoms with van der Waals surface area (Å²) in [5, 5.41) is 0.760. The van der Waals surface area contributed by atoms with Crippen molar-refractivity contribution in [1.29, 1.82) is 0 Å². The van der Waals surface area contributed by atoms with Crippen LogP contribution in [0.2, 0.25) is 0 Å². The Morgan fingerprint density at radius 1 is 0.559 bits per heavy atom. The van der Waals surface area contributed by atoms with Crippen LogP contribution in [0.5, 0.6) is 11.5 Å². The SMILES string of the molecule is Nc1ccc(OS(=O)(=O)c2ccc3cc(S(=O)(=O)Oc4ccc(N)c(F)c4)ccc3c2)cc1F. The largest absolute Gasteiger partial charge is 0.396 e. The monoisotopic (exact) mass is 506 g/mol. The van der Waals surface area contributed by atoms with E-state index in [2.05, 4.69) is 0 Å². The molecule has 0 fully saturated rings. The Bertz CT molecular complexity index is 1520. The van der Waals surface area contributed by atoms with E-state index >= 15 is 0 Å². The van der Waals surface area contributed by atoms with Gasteiger partial charge in [0.05, 0.1) is 11.4 Å². The van der Waals surface area contributed by atoms with Crippen molar-refractivity contribution in [1.82, 2.24) is 0 Å². The lowest BCUT2D eigenvalue weighted by Gasteiger charge is -2.10. The highest BCUT2D eigenvalue weighted by atomic mass is 32.2. The van der Waals surface area contributed by atoms with Crippen LogP contribution < -0.4 is 19.8 Å².